The van der Waals surface area contributed by atoms with Crippen LogP contribution in [0.1, 0.15) is 26.2 Å². The van der Waals surface area contributed by atoms with Crippen molar-refractivity contribution >= 4 is 29.0 Å². The SMILES string of the molecule is CCNC1(C(N)=O)CCC(Sc2nccs2)C1. The molecule has 6 heteroatoms. The molecule has 0 saturated heterocycles. The Hall–Kier alpha value is -0.590. The van der Waals surface area contributed by atoms with Crippen LogP contribution in [0.25, 0.3) is 0 Å². The van der Waals surface area contributed by atoms with E-state index in [1.165, 1.54) is 0 Å². The molecule has 0 radical (unpaired) electrons. The monoisotopic (exact) mass is 271 g/mol. The molecular weight excluding hydrogens is 254 g/mol. The van der Waals surface area contributed by atoms with Gasteiger partial charge in [-0.1, -0.05) is 18.7 Å². The van der Waals surface area contributed by atoms with Crippen LogP contribution < -0.4 is 11.1 Å². The van der Waals surface area contributed by atoms with Crippen molar-refractivity contribution in [1.82, 2.24) is 10.3 Å². The lowest BCUT2D eigenvalue weighted by molar-refractivity contribution is -0.124. The number of likely N-dealkylation sites (N-methyl/N-ethyl adjacent to an activating group) is 1. The number of hydrogen-bond donors (Lipinski definition) is 2. The largest absolute Gasteiger partial charge is 0.368 e. The zero-order chi connectivity index (χ0) is 12.3. The Kier molecular flexibility index (Phi) is 4.06. The minimum absolute atomic E-state index is 0.221. The average molecular weight is 271 g/mol. The van der Waals surface area contributed by atoms with Crippen molar-refractivity contribution in [3.63, 3.8) is 0 Å². The minimum atomic E-state index is -0.496. The molecule has 4 nitrogen and oxygen atoms in total. The first-order valence-corrected chi connectivity index (χ1v) is 7.53. The summed E-state index contributed by atoms with van der Waals surface area (Å²) in [6, 6.07) is 0. The van der Waals surface area contributed by atoms with E-state index in [0.29, 0.717) is 5.25 Å². The number of carbonyl (C=O) groups is 1. The van der Waals surface area contributed by atoms with E-state index in [4.69, 9.17) is 5.73 Å². The van der Waals surface area contributed by atoms with Crippen LogP contribution in [0, 0.1) is 0 Å². The molecule has 1 saturated carbocycles. The molecule has 2 unspecified atom stereocenters. The predicted octanol–water partition coefficient (Wildman–Crippen LogP) is 1.62. The summed E-state index contributed by atoms with van der Waals surface area (Å²) in [6.45, 7) is 2.78. The van der Waals surface area contributed by atoms with E-state index in [1.807, 2.05) is 18.5 Å². The molecule has 0 aliphatic heterocycles. The maximum atomic E-state index is 11.6. The van der Waals surface area contributed by atoms with Gasteiger partial charge in [0.1, 0.15) is 4.34 Å². The highest BCUT2D eigenvalue weighted by Crippen LogP contribution is 2.40. The maximum absolute atomic E-state index is 11.6. The van der Waals surface area contributed by atoms with Gasteiger partial charge in [0.05, 0.1) is 5.54 Å². The number of rotatable bonds is 5. The number of amides is 1. The molecule has 1 heterocycles. The van der Waals surface area contributed by atoms with E-state index in [0.717, 1.165) is 30.1 Å². The van der Waals surface area contributed by atoms with Crippen molar-refractivity contribution in [3.05, 3.63) is 11.6 Å². The standard InChI is InChI=1S/C11H17N3OS2/c1-2-14-11(9(12)15)4-3-8(7-11)17-10-13-5-6-16-10/h5-6,8,14H,2-4,7H2,1H3,(H2,12,15). The average Bonchev–Trinajstić information content (AvgIpc) is 2.90. The van der Waals surface area contributed by atoms with Crippen molar-refractivity contribution in [2.45, 2.75) is 41.3 Å². The maximum Gasteiger partial charge on any atom is 0.237 e. The van der Waals surface area contributed by atoms with Crippen LogP contribution in [0.2, 0.25) is 0 Å². The van der Waals surface area contributed by atoms with Gasteiger partial charge in [-0.2, -0.15) is 0 Å². The van der Waals surface area contributed by atoms with E-state index in [1.54, 1.807) is 23.1 Å². The van der Waals surface area contributed by atoms with Gasteiger partial charge in [0.15, 0.2) is 0 Å². The van der Waals surface area contributed by atoms with Gasteiger partial charge in [-0.3, -0.25) is 4.79 Å². The summed E-state index contributed by atoms with van der Waals surface area (Å²) in [5.41, 5.74) is 5.03. The van der Waals surface area contributed by atoms with Gasteiger partial charge in [-0.25, -0.2) is 4.98 Å². The van der Waals surface area contributed by atoms with Gasteiger partial charge >= 0.3 is 0 Å². The van der Waals surface area contributed by atoms with Crippen LogP contribution in [-0.4, -0.2) is 28.2 Å². The summed E-state index contributed by atoms with van der Waals surface area (Å²) in [6.07, 6.45) is 4.47. The lowest BCUT2D eigenvalue weighted by atomic mass is 9.97. The molecule has 94 valence electrons. The van der Waals surface area contributed by atoms with Gasteiger partial charge in [0.2, 0.25) is 5.91 Å². The van der Waals surface area contributed by atoms with Crippen molar-refractivity contribution in [3.8, 4) is 0 Å². The van der Waals surface area contributed by atoms with Gasteiger partial charge in [-0.15, -0.1) is 11.3 Å². The van der Waals surface area contributed by atoms with Gasteiger partial charge < -0.3 is 11.1 Å². The summed E-state index contributed by atoms with van der Waals surface area (Å²) in [5.74, 6) is -0.221. The molecule has 2 rings (SSSR count). The number of hydrogen-bond acceptors (Lipinski definition) is 5. The molecule has 17 heavy (non-hydrogen) atoms. The zero-order valence-electron chi connectivity index (χ0n) is 9.81. The molecule has 1 aliphatic rings. The van der Waals surface area contributed by atoms with E-state index in [2.05, 4.69) is 10.3 Å². The summed E-state index contributed by atoms with van der Waals surface area (Å²) in [7, 11) is 0. The third-order valence-electron chi connectivity index (χ3n) is 3.13. The van der Waals surface area contributed by atoms with E-state index >= 15 is 0 Å². The predicted molar refractivity (Wildman–Crippen MR) is 71.2 cm³/mol. The molecule has 1 fully saturated rings. The number of primary amides is 1. The number of nitrogens with one attached hydrogen (secondary N) is 1. The number of aromatic nitrogens is 1. The third-order valence-corrected chi connectivity index (χ3v) is 5.32. The second-order valence-corrected chi connectivity index (χ2v) is 6.70. The molecule has 1 aliphatic carbocycles. The van der Waals surface area contributed by atoms with Crippen molar-refractivity contribution < 1.29 is 4.79 Å². The van der Waals surface area contributed by atoms with Gasteiger partial charge in [-0.05, 0) is 25.8 Å². The number of carbonyl (C=O) groups excluding carboxylic acids is 1. The Morgan fingerprint density at radius 3 is 3.24 bits per heavy atom. The second kappa shape index (κ2) is 5.37. The third kappa shape index (κ3) is 2.81. The fourth-order valence-corrected chi connectivity index (χ4v) is 4.49. The number of nitrogens with two attached hydrogens (primary N) is 1. The second-order valence-electron chi connectivity index (χ2n) is 4.26. The fraction of sp³-hybridized carbons (Fsp3) is 0.636. The first-order valence-electron chi connectivity index (χ1n) is 5.77. The quantitative estimate of drug-likeness (QED) is 0.854. The van der Waals surface area contributed by atoms with E-state index in [-0.39, 0.29) is 5.91 Å². The van der Waals surface area contributed by atoms with Crippen LogP contribution in [-0.2, 0) is 4.79 Å². The van der Waals surface area contributed by atoms with Crippen molar-refractivity contribution in [2.75, 3.05) is 6.54 Å². The highest BCUT2D eigenvalue weighted by molar-refractivity contribution is 8.01. The molecule has 1 aromatic heterocycles. The Labute approximate surface area is 109 Å². The van der Waals surface area contributed by atoms with Crippen molar-refractivity contribution in [1.29, 1.82) is 0 Å². The van der Waals surface area contributed by atoms with Crippen LogP contribution in [0.4, 0.5) is 0 Å². The summed E-state index contributed by atoms with van der Waals surface area (Å²) >= 11 is 3.41. The Bertz CT molecular complexity index is 382. The topological polar surface area (TPSA) is 68.0 Å². The number of thioether (sulfide) groups is 1. The fourth-order valence-electron chi connectivity index (χ4n) is 2.32. The first kappa shape index (κ1) is 12.9. The Morgan fingerprint density at radius 2 is 2.65 bits per heavy atom. The Balaban J connectivity index is 1.99. The normalized spacial score (nSPS) is 28.4. The molecule has 0 bridgehead atoms. The highest BCUT2D eigenvalue weighted by atomic mass is 32.2. The zero-order valence-corrected chi connectivity index (χ0v) is 11.4. The molecule has 1 aromatic rings. The van der Waals surface area contributed by atoms with Gasteiger partial charge in [0, 0.05) is 16.8 Å². The van der Waals surface area contributed by atoms with Crippen LogP contribution in [0.15, 0.2) is 15.9 Å². The summed E-state index contributed by atoms with van der Waals surface area (Å²) < 4.78 is 1.08. The van der Waals surface area contributed by atoms with Crippen LogP contribution >= 0.6 is 23.1 Å². The molecule has 0 aromatic carbocycles. The number of thiazole rings is 1. The molecule has 1 amide bonds. The summed E-state index contributed by atoms with van der Waals surface area (Å²) in [5, 5.41) is 5.67. The van der Waals surface area contributed by atoms with E-state index < -0.39 is 5.54 Å². The molecule has 0 spiro atoms. The van der Waals surface area contributed by atoms with Crippen molar-refractivity contribution in [2.24, 2.45) is 5.73 Å². The number of nitrogens with zero attached hydrogens (tertiary/aromatic N) is 1. The summed E-state index contributed by atoms with van der Waals surface area (Å²) in [4.78, 5) is 15.9. The molecule has 2 atom stereocenters. The highest BCUT2D eigenvalue weighted by Gasteiger charge is 2.43. The lowest BCUT2D eigenvalue weighted by Gasteiger charge is -2.26. The Morgan fingerprint density at radius 1 is 1.82 bits per heavy atom. The van der Waals surface area contributed by atoms with Gasteiger partial charge in [0.25, 0.3) is 0 Å². The minimum Gasteiger partial charge on any atom is -0.368 e. The molecular formula is C11H17N3OS2. The van der Waals surface area contributed by atoms with Crippen LogP contribution in [0.5, 0.6) is 0 Å². The lowest BCUT2D eigenvalue weighted by Crippen LogP contribution is -2.53. The van der Waals surface area contributed by atoms with Crippen LogP contribution in [0.3, 0.4) is 0 Å². The smallest absolute Gasteiger partial charge is 0.237 e. The molecule has 3 N–H and O–H groups in total. The van der Waals surface area contributed by atoms with E-state index in [9.17, 15) is 4.79 Å². The first-order chi connectivity index (χ1) is 8.16.